The molecule has 0 aromatic carbocycles. The summed E-state index contributed by atoms with van der Waals surface area (Å²) in [5.74, 6) is -1.65. The minimum atomic E-state index is -1.03. The Hall–Kier alpha value is -1.98. The van der Waals surface area contributed by atoms with E-state index in [1.54, 1.807) is 13.0 Å². The predicted molar refractivity (Wildman–Crippen MR) is 89.3 cm³/mol. The van der Waals surface area contributed by atoms with E-state index in [1.807, 2.05) is 13.0 Å². The van der Waals surface area contributed by atoms with Crippen molar-refractivity contribution in [3.05, 3.63) is 12.2 Å². The van der Waals surface area contributed by atoms with Crippen molar-refractivity contribution in [2.24, 2.45) is 17.8 Å². The highest BCUT2D eigenvalue weighted by Gasteiger charge is 2.35. The van der Waals surface area contributed by atoms with Gasteiger partial charge < -0.3 is 15.2 Å². The lowest BCUT2D eigenvalue weighted by Gasteiger charge is -2.22. The largest absolute Gasteiger partial charge is 0.480 e. The number of Topliss-reactive ketones (excluding diaryl/α,β-unsaturated/α-hetero) is 1. The van der Waals surface area contributed by atoms with Crippen LogP contribution in [0.15, 0.2) is 12.2 Å². The van der Waals surface area contributed by atoms with Crippen LogP contribution in [-0.4, -0.2) is 35.1 Å². The van der Waals surface area contributed by atoms with Crippen LogP contribution in [0, 0.1) is 17.8 Å². The molecule has 1 rings (SSSR count). The van der Waals surface area contributed by atoms with Gasteiger partial charge in [0.25, 0.3) is 0 Å². The van der Waals surface area contributed by atoms with Gasteiger partial charge in [0.2, 0.25) is 5.91 Å². The van der Waals surface area contributed by atoms with Gasteiger partial charge in [-0.15, -0.1) is 0 Å². The summed E-state index contributed by atoms with van der Waals surface area (Å²) < 4.78 is 0. The van der Waals surface area contributed by atoms with Crippen LogP contribution in [0.2, 0.25) is 0 Å². The Morgan fingerprint density at radius 1 is 1.38 bits per heavy atom. The van der Waals surface area contributed by atoms with Crippen LogP contribution in [0.1, 0.15) is 52.4 Å². The van der Waals surface area contributed by atoms with Crippen LogP contribution in [0.3, 0.4) is 0 Å². The van der Waals surface area contributed by atoms with E-state index in [2.05, 4.69) is 5.32 Å². The standard InChI is InChI=1S/C18H27NO5/c1-3-12(2)17(18(23)24)19-16(22)11-13-8-9-15(21)14(13)7-5-4-6-10-20/h4-5,10,12-14,17H,3,6-9,11H2,1-2H3,(H,19,22)(H,23,24)/b5-4-/t12-,13+,14-,17?/m0/s1. The molecule has 0 saturated heterocycles. The Balaban J connectivity index is 2.61. The zero-order valence-electron chi connectivity index (χ0n) is 14.4. The third-order valence-corrected chi connectivity index (χ3v) is 4.78. The fourth-order valence-electron chi connectivity index (χ4n) is 3.09. The third kappa shape index (κ3) is 5.91. The van der Waals surface area contributed by atoms with Gasteiger partial charge in [0.05, 0.1) is 0 Å². The first-order valence-electron chi connectivity index (χ1n) is 8.54. The van der Waals surface area contributed by atoms with Crippen molar-refractivity contribution in [3.8, 4) is 0 Å². The van der Waals surface area contributed by atoms with E-state index < -0.39 is 12.0 Å². The molecule has 24 heavy (non-hydrogen) atoms. The Labute approximate surface area is 142 Å². The van der Waals surface area contributed by atoms with Crippen LogP contribution in [0.4, 0.5) is 0 Å². The molecule has 6 heteroatoms. The minimum absolute atomic E-state index is 0.0650. The maximum Gasteiger partial charge on any atom is 0.326 e. The summed E-state index contributed by atoms with van der Waals surface area (Å²) in [6.07, 6.45) is 7.10. The smallest absolute Gasteiger partial charge is 0.326 e. The SMILES string of the molecule is CC[C@H](C)C(NC(=O)C[C@H]1CCC(=O)[C@H]1C/C=C\CC=O)C(=O)O. The highest BCUT2D eigenvalue weighted by atomic mass is 16.4. The fraction of sp³-hybridized carbons (Fsp3) is 0.667. The molecule has 0 aromatic heterocycles. The summed E-state index contributed by atoms with van der Waals surface area (Å²) >= 11 is 0. The van der Waals surface area contributed by atoms with Gasteiger partial charge in [-0.05, 0) is 24.7 Å². The van der Waals surface area contributed by atoms with Crippen LogP contribution in [0.25, 0.3) is 0 Å². The molecule has 134 valence electrons. The maximum atomic E-state index is 12.2. The first-order valence-corrected chi connectivity index (χ1v) is 8.54. The van der Waals surface area contributed by atoms with Gasteiger partial charge >= 0.3 is 5.97 Å². The molecule has 2 N–H and O–H groups in total. The number of rotatable bonds is 10. The maximum absolute atomic E-state index is 12.2. The number of carbonyl (C=O) groups is 4. The lowest BCUT2D eigenvalue weighted by atomic mass is 9.89. The zero-order chi connectivity index (χ0) is 18.1. The molecule has 0 aliphatic heterocycles. The number of allylic oxidation sites excluding steroid dienone is 2. The number of aliphatic carboxylic acids is 1. The molecule has 0 bridgehead atoms. The molecule has 0 aromatic rings. The number of nitrogens with one attached hydrogen (secondary N) is 1. The number of amides is 1. The van der Waals surface area contributed by atoms with Crippen molar-refractivity contribution in [3.63, 3.8) is 0 Å². The van der Waals surface area contributed by atoms with E-state index in [1.165, 1.54) is 0 Å². The molecule has 1 aliphatic carbocycles. The average molecular weight is 337 g/mol. The molecule has 0 spiro atoms. The molecular weight excluding hydrogens is 310 g/mol. The summed E-state index contributed by atoms with van der Waals surface area (Å²) in [7, 11) is 0. The molecule has 1 aliphatic rings. The predicted octanol–water partition coefficient (Wildman–Crippen LogP) is 2.12. The van der Waals surface area contributed by atoms with Crippen molar-refractivity contribution >= 4 is 23.9 Å². The van der Waals surface area contributed by atoms with E-state index in [0.29, 0.717) is 32.1 Å². The minimum Gasteiger partial charge on any atom is -0.480 e. The average Bonchev–Trinajstić information content (AvgIpc) is 2.88. The van der Waals surface area contributed by atoms with Gasteiger partial charge in [0.1, 0.15) is 18.1 Å². The Kier molecular flexibility index (Phi) is 8.36. The first-order chi connectivity index (χ1) is 11.4. The summed E-state index contributed by atoms with van der Waals surface area (Å²) in [6, 6.07) is -0.898. The second-order valence-electron chi connectivity index (χ2n) is 6.45. The zero-order valence-corrected chi connectivity index (χ0v) is 14.4. The first kappa shape index (κ1) is 20.1. The Morgan fingerprint density at radius 2 is 2.08 bits per heavy atom. The molecule has 1 unspecified atom stereocenters. The van der Waals surface area contributed by atoms with Crippen molar-refractivity contribution in [2.75, 3.05) is 0 Å². The third-order valence-electron chi connectivity index (χ3n) is 4.78. The van der Waals surface area contributed by atoms with Gasteiger partial charge in [-0.2, -0.15) is 0 Å². The second kappa shape index (κ2) is 10.0. The summed E-state index contributed by atoms with van der Waals surface area (Å²) in [5.41, 5.74) is 0. The molecular formula is C18H27NO5. The highest BCUT2D eigenvalue weighted by molar-refractivity contribution is 5.87. The van der Waals surface area contributed by atoms with Crippen molar-refractivity contribution in [2.45, 2.75) is 58.4 Å². The fourth-order valence-corrected chi connectivity index (χ4v) is 3.09. The van der Waals surface area contributed by atoms with Crippen LogP contribution >= 0.6 is 0 Å². The molecule has 1 saturated carbocycles. The van der Waals surface area contributed by atoms with Crippen molar-refractivity contribution in [1.29, 1.82) is 0 Å². The van der Waals surface area contributed by atoms with E-state index >= 15 is 0 Å². The lowest BCUT2D eigenvalue weighted by Crippen LogP contribution is -2.45. The number of hydrogen-bond acceptors (Lipinski definition) is 4. The molecule has 6 nitrogen and oxygen atoms in total. The summed E-state index contributed by atoms with van der Waals surface area (Å²) in [6.45, 7) is 3.67. The van der Waals surface area contributed by atoms with Gasteiger partial charge in [0.15, 0.2) is 0 Å². The number of aldehydes is 1. The number of carboxylic acids is 1. The lowest BCUT2D eigenvalue weighted by molar-refractivity contribution is -0.143. The Bertz CT molecular complexity index is 500. The van der Waals surface area contributed by atoms with Crippen LogP contribution < -0.4 is 5.32 Å². The van der Waals surface area contributed by atoms with Crippen LogP contribution in [0.5, 0.6) is 0 Å². The quantitative estimate of drug-likeness (QED) is 0.470. The monoisotopic (exact) mass is 337 g/mol. The van der Waals surface area contributed by atoms with Crippen molar-refractivity contribution in [1.82, 2.24) is 5.32 Å². The number of carbonyl (C=O) groups excluding carboxylic acids is 3. The molecule has 1 fully saturated rings. The van der Waals surface area contributed by atoms with E-state index in [4.69, 9.17) is 0 Å². The van der Waals surface area contributed by atoms with E-state index in [0.717, 1.165) is 6.29 Å². The van der Waals surface area contributed by atoms with Gasteiger partial charge in [-0.1, -0.05) is 32.4 Å². The number of carboxylic acid groups (broad SMARTS) is 1. The van der Waals surface area contributed by atoms with E-state index in [-0.39, 0.29) is 35.9 Å². The van der Waals surface area contributed by atoms with E-state index in [9.17, 15) is 24.3 Å². The highest BCUT2D eigenvalue weighted by Crippen LogP contribution is 2.34. The molecule has 1 amide bonds. The van der Waals surface area contributed by atoms with Crippen molar-refractivity contribution < 1.29 is 24.3 Å². The number of hydrogen-bond donors (Lipinski definition) is 2. The normalized spacial score (nSPS) is 23.2. The second-order valence-corrected chi connectivity index (χ2v) is 6.45. The Morgan fingerprint density at radius 3 is 2.67 bits per heavy atom. The molecule has 0 heterocycles. The van der Waals surface area contributed by atoms with Gasteiger partial charge in [-0.3, -0.25) is 9.59 Å². The van der Waals surface area contributed by atoms with Crippen LogP contribution in [-0.2, 0) is 19.2 Å². The van der Waals surface area contributed by atoms with Gasteiger partial charge in [-0.25, -0.2) is 4.79 Å². The topological polar surface area (TPSA) is 101 Å². The molecule has 0 radical (unpaired) electrons. The summed E-state index contributed by atoms with van der Waals surface area (Å²) in [5, 5.41) is 11.8. The number of ketones is 1. The van der Waals surface area contributed by atoms with Gasteiger partial charge in [0, 0.05) is 25.2 Å². The summed E-state index contributed by atoms with van der Waals surface area (Å²) in [4.78, 5) is 45.8. The molecule has 4 atom stereocenters.